The van der Waals surface area contributed by atoms with Gasteiger partial charge in [-0.2, -0.15) is 5.26 Å². The Hall–Kier alpha value is -2.11. The highest BCUT2D eigenvalue weighted by Gasteiger charge is 2.60. The van der Waals surface area contributed by atoms with Gasteiger partial charge in [-0.3, -0.25) is 4.79 Å². The van der Waals surface area contributed by atoms with E-state index in [-0.39, 0.29) is 34.6 Å². The van der Waals surface area contributed by atoms with Gasteiger partial charge in [0, 0.05) is 5.56 Å². The zero-order valence-electron chi connectivity index (χ0n) is 15.8. The van der Waals surface area contributed by atoms with Gasteiger partial charge in [0.25, 0.3) is 0 Å². The number of carbonyl (C=O) groups excluding carboxylic acids is 2. The van der Waals surface area contributed by atoms with Gasteiger partial charge in [0.1, 0.15) is 22.6 Å². The van der Waals surface area contributed by atoms with E-state index in [0.717, 1.165) is 43.4 Å². The molecule has 1 aromatic heterocycles. The molecule has 0 amide bonds. The molecule has 0 aliphatic heterocycles. The van der Waals surface area contributed by atoms with E-state index in [1.807, 2.05) is 6.07 Å². The third kappa shape index (κ3) is 3.07. The first kappa shape index (κ1) is 19.2. The summed E-state index contributed by atoms with van der Waals surface area (Å²) in [6, 6.07) is 1.99. The molecule has 0 spiro atoms. The smallest absolute Gasteiger partial charge is 0.348 e. The molecule has 28 heavy (non-hydrogen) atoms. The van der Waals surface area contributed by atoms with Crippen LogP contribution in [0.3, 0.4) is 0 Å². The number of carbonyl (C=O) groups is 2. The molecule has 5 rings (SSSR count). The fraction of sp³-hybridized carbons (Fsp3) is 0.650. The summed E-state index contributed by atoms with van der Waals surface area (Å²) in [7, 11) is 0. The van der Waals surface area contributed by atoms with Crippen molar-refractivity contribution in [2.24, 2.45) is 17.3 Å². The van der Waals surface area contributed by atoms with Crippen molar-refractivity contribution in [2.75, 3.05) is 12.3 Å². The van der Waals surface area contributed by atoms with Crippen LogP contribution in [0, 0.1) is 28.6 Å². The number of rotatable bonds is 5. The van der Waals surface area contributed by atoms with Crippen LogP contribution in [0.1, 0.15) is 66.2 Å². The van der Waals surface area contributed by atoms with Crippen LogP contribution in [-0.2, 0) is 20.9 Å². The number of nitrogens with two attached hydrogens (primary N) is 1. The molecule has 1 heterocycles. The maximum Gasteiger partial charge on any atom is 0.348 e. The Bertz CT molecular complexity index is 857. The van der Waals surface area contributed by atoms with E-state index < -0.39 is 17.0 Å². The lowest BCUT2D eigenvalue weighted by molar-refractivity contribution is -0.197. The van der Waals surface area contributed by atoms with E-state index in [1.54, 1.807) is 6.92 Å². The zero-order chi connectivity index (χ0) is 20.1. The quantitative estimate of drug-likeness (QED) is 0.723. The standard InChI is InChI=1S/C20H24N2O5S/c1-2-26-17(23)15-14(13(8-21)16(22)28-15)9-27-18(24)19-4-11-3-12(5-19)7-20(25,6-11)10-19/h11-12,25H,2-7,9-10,22H2,1H3. The molecule has 0 saturated heterocycles. The molecule has 3 N–H and O–H groups in total. The molecule has 4 fully saturated rings. The molecule has 4 bridgehead atoms. The highest BCUT2D eigenvalue weighted by atomic mass is 32.1. The second kappa shape index (κ2) is 6.75. The average molecular weight is 404 g/mol. The molecule has 7 nitrogen and oxygen atoms in total. The monoisotopic (exact) mass is 404 g/mol. The van der Waals surface area contributed by atoms with Crippen LogP contribution in [0.4, 0.5) is 5.00 Å². The molecule has 0 aromatic carbocycles. The molecule has 8 heteroatoms. The normalized spacial score (nSPS) is 32.8. The maximum absolute atomic E-state index is 13.1. The van der Waals surface area contributed by atoms with Gasteiger partial charge in [-0.15, -0.1) is 11.3 Å². The Morgan fingerprint density at radius 1 is 1.29 bits per heavy atom. The topological polar surface area (TPSA) is 123 Å². The summed E-state index contributed by atoms with van der Waals surface area (Å²) < 4.78 is 10.7. The van der Waals surface area contributed by atoms with Gasteiger partial charge in [-0.1, -0.05) is 0 Å². The van der Waals surface area contributed by atoms with Crippen molar-refractivity contribution in [3.63, 3.8) is 0 Å². The predicted molar refractivity (Wildman–Crippen MR) is 101 cm³/mol. The second-order valence-corrected chi connectivity index (χ2v) is 9.58. The Balaban J connectivity index is 1.55. The number of hydrogen-bond acceptors (Lipinski definition) is 8. The van der Waals surface area contributed by atoms with Crippen molar-refractivity contribution in [1.82, 2.24) is 0 Å². The number of esters is 2. The van der Waals surface area contributed by atoms with Crippen LogP contribution in [-0.4, -0.2) is 29.3 Å². The van der Waals surface area contributed by atoms with Crippen molar-refractivity contribution in [3.8, 4) is 6.07 Å². The summed E-state index contributed by atoms with van der Waals surface area (Å²) >= 11 is 0.974. The third-order valence-corrected chi connectivity index (χ3v) is 7.46. The number of nitrogens with zero attached hydrogens (tertiary/aromatic N) is 1. The van der Waals surface area contributed by atoms with E-state index in [1.165, 1.54) is 0 Å². The first-order valence-corrected chi connectivity index (χ1v) is 10.5. The van der Waals surface area contributed by atoms with Crippen molar-refractivity contribution in [3.05, 3.63) is 16.0 Å². The molecular weight excluding hydrogens is 380 g/mol. The fourth-order valence-electron chi connectivity index (χ4n) is 5.85. The summed E-state index contributed by atoms with van der Waals surface area (Å²) in [5.74, 6) is -0.194. The van der Waals surface area contributed by atoms with E-state index in [0.29, 0.717) is 23.8 Å². The molecule has 4 aliphatic carbocycles. The number of anilines is 1. The number of thiophene rings is 1. The van der Waals surface area contributed by atoms with Gasteiger partial charge >= 0.3 is 11.9 Å². The average Bonchev–Trinajstić information content (AvgIpc) is 2.93. The van der Waals surface area contributed by atoms with E-state index in [4.69, 9.17) is 15.2 Å². The Morgan fingerprint density at radius 3 is 2.54 bits per heavy atom. The zero-order valence-corrected chi connectivity index (χ0v) is 16.6. The Labute approximate surface area is 167 Å². The number of ether oxygens (including phenoxy) is 2. The first-order valence-electron chi connectivity index (χ1n) is 9.67. The van der Waals surface area contributed by atoms with Gasteiger partial charge in [0.15, 0.2) is 0 Å². The van der Waals surface area contributed by atoms with Crippen LogP contribution in [0.25, 0.3) is 0 Å². The number of aliphatic hydroxyl groups is 1. The van der Waals surface area contributed by atoms with Crippen molar-refractivity contribution in [2.45, 2.75) is 57.7 Å². The Morgan fingerprint density at radius 2 is 1.96 bits per heavy atom. The Kier molecular flexibility index (Phi) is 4.63. The molecule has 1 aromatic rings. The summed E-state index contributed by atoms with van der Waals surface area (Å²) in [5.41, 5.74) is 4.92. The van der Waals surface area contributed by atoms with Crippen LogP contribution < -0.4 is 5.73 Å². The van der Waals surface area contributed by atoms with Gasteiger partial charge < -0.3 is 20.3 Å². The van der Waals surface area contributed by atoms with Crippen molar-refractivity contribution >= 4 is 28.3 Å². The third-order valence-electron chi connectivity index (χ3n) is 6.42. The molecule has 2 unspecified atom stereocenters. The van der Waals surface area contributed by atoms with E-state index in [9.17, 15) is 20.0 Å². The molecule has 4 saturated carbocycles. The van der Waals surface area contributed by atoms with Crippen LogP contribution in [0.5, 0.6) is 0 Å². The van der Waals surface area contributed by atoms with Gasteiger partial charge in [0.2, 0.25) is 0 Å². The van der Waals surface area contributed by atoms with E-state index >= 15 is 0 Å². The van der Waals surface area contributed by atoms with Crippen LogP contribution >= 0.6 is 11.3 Å². The number of nitriles is 1. The molecule has 150 valence electrons. The lowest BCUT2D eigenvalue weighted by atomic mass is 9.48. The summed E-state index contributed by atoms with van der Waals surface area (Å²) in [6.07, 6.45) is 4.53. The summed E-state index contributed by atoms with van der Waals surface area (Å²) in [6.45, 7) is 1.69. The van der Waals surface area contributed by atoms with Gasteiger partial charge in [-0.25, -0.2) is 4.79 Å². The lowest BCUT2D eigenvalue weighted by Gasteiger charge is -2.58. The van der Waals surface area contributed by atoms with E-state index in [2.05, 4.69) is 0 Å². The van der Waals surface area contributed by atoms with Gasteiger partial charge in [-0.05, 0) is 57.3 Å². The minimum Gasteiger partial charge on any atom is -0.462 e. The van der Waals surface area contributed by atoms with Crippen LogP contribution in [0.15, 0.2) is 0 Å². The van der Waals surface area contributed by atoms with Gasteiger partial charge in [0.05, 0.1) is 23.2 Å². The summed E-state index contributed by atoms with van der Waals surface area (Å²) in [4.78, 5) is 25.5. The molecule has 4 aliphatic rings. The molecular formula is C20H24N2O5S. The molecule has 2 atom stereocenters. The minimum atomic E-state index is -0.760. The van der Waals surface area contributed by atoms with Crippen molar-refractivity contribution < 1.29 is 24.2 Å². The lowest BCUT2D eigenvalue weighted by Crippen LogP contribution is -2.58. The largest absolute Gasteiger partial charge is 0.462 e. The van der Waals surface area contributed by atoms with Crippen LogP contribution in [0.2, 0.25) is 0 Å². The highest BCUT2D eigenvalue weighted by molar-refractivity contribution is 7.18. The predicted octanol–water partition coefficient (Wildman–Crippen LogP) is 2.75. The first-order chi connectivity index (χ1) is 13.3. The second-order valence-electron chi connectivity index (χ2n) is 8.52. The highest BCUT2D eigenvalue weighted by Crippen LogP contribution is 2.62. The summed E-state index contributed by atoms with van der Waals surface area (Å²) in [5, 5.41) is 20.4. The molecule has 0 radical (unpaired) electrons. The van der Waals surface area contributed by atoms with Crippen molar-refractivity contribution in [1.29, 1.82) is 5.26 Å². The number of nitrogen functional groups attached to an aromatic ring is 1. The SMILES string of the molecule is CCOC(=O)c1sc(N)c(C#N)c1COC(=O)C12CC3CC(CC(O)(C3)C1)C2. The fourth-order valence-corrected chi connectivity index (χ4v) is 6.77. The number of hydrogen-bond donors (Lipinski definition) is 2. The maximum atomic E-state index is 13.1. The minimum absolute atomic E-state index is 0.157.